The maximum atomic E-state index is 11.3. The van der Waals surface area contributed by atoms with E-state index in [1.54, 1.807) is 13.8 Å². The Kier molecular flexibility index (Phi) is 9.76. The average Bonchev–Trinajstić information content (AvgIpc) is 2.74. The molecule has 2 atom stereocenters. The maximum Gasteiger partial charge on any atom is 0.332 e. The van der Waals surface area contributed by atoms with E-state index in [2.05, 4.69) is 27.0 Å². The highest BCUT2D eigenvalue weighted by atomic mass is 16.7. The van der Waals surface area contributed by atoms with Gasteiger partial charge in [-0.15, -0.1) is 0 Å². The second-order valence-electron chi connectivity index (χ2n) is 9.46. The normalized spacial score (nSPS) is 28.8. The van der Waals surface area contributed by atoms with Crippen molar-refractivity contribution in [2.75, 3.05) is 0 Å². The summed E-state index contributed by atoms with van der Waals surface area (Å²) in [7, 11) is 0. The Morgan fingerprint density at radius 2 is 1.06 bits per heavy atom. The zero-order chi connectivity index (χ0) is 23.0. The quantitative estimate of drug-likeness (QED) is 0.262. The Balaban J connectivity index is 1.75. The molecule has 2 unspecified atom stereocenters. The van der Waals surface area contributed by atoms with Crippen LogP contribution < -0.4 is 0 Å². The van der Waals surface area contributed by atoms with E-state index < -0.39 is 24.5 Å². The molecule has 0 radical (unpaired) electrons. The molecule has 2 aliphatic carbocycles. The van der Waals surface area contributed by atoms with Crippen molar-refractivity contribution in [2.24, 2.45) is 17.3 Å². The van der Waals surface area contributed by atoms with Crippen molar-refractivity contribution in [3.05, 3.63) is 25.3 Å². The molecule has 0 aromatic heterocycles. The van der Waals surface area contributed by atoms with E-state index in [0.717, 1.165) is 63.5 Å². The van der Waals surface area contributed by atoms with Gasteiger partial charge in [0, 0.05) is 12.2 Å². The minimum atomic E-state index is -0.538. The van der Waals surface area contributed by atoms with E-state index in [4.69, 9.17) is 18.9 Å². The van der Waals surface area contributed by atoms with Gasteiger partial charge in [0.15, 0.2) is 0 Å². The van der Waals surface area contributed by atoms with Gasteiger partial charge < -0.3 is 18.9 Å². The molecule has 6 heteroatoms. The summed E-state index contributed by atoms with van der Waals surface area (Å²) in [5.41, 5.74) is 0.262. The summed E-state index contributed by atoms with van der Waals surface area (Å²) in [5, 5.41) is 0. The summed E-state index contributed by atoms with van der Waals surface area (Å²) in [5.74, 6) is 0.423. The first-order chi connectivity index (χ1) is 14.6. The Labute approximate surface area is 187 Å². The molecule has 0 bridgehead atoms. The third-order valence-electron chi connectivity index (χ3n) is 7.12. The molecule has 176 valence electrons. The third-order valence-corrected chi connectivity index (χ3v) is 7.12. The summed E-state index contributed by atoms with van der Waals surface area (Å²) in [6.07, 6.45) is 10.0. The standard InChI is InChI=1S/C25H40O6/c1-7-23(26)30-17(3)28-21-13-9-19(10-14-21)25(5,6)20-11-15-22(16-12-20)29-18(4)31-24(27)8-2/h7-8,17-22H,1-2,9-16H2,3-6H3. The van der Waals surface area contributed by atoms with Gasteiger partial charge in [-0.1, -0.05) is 27.0 Å². The number of rotatable bonds is 10. The molecule has 0 aliphatic heterocycles. The molecule has 0 amide bonds. The highest BCUT2D eigenvalue weighted by Gasteiger charge is 2.41. The lowest BCUT2D eigenvalue weighted by Gasteiger charge is -2.46. The van der Waals surface area contributed by atoms with Gasteiger partial charge in [0.05, 0.1) is 12.2 Å². The average molecular weight is 437 g/mol. The molecule has 0 aromatic rings. The summed E-state index contributed by atoms with van der Waals surface area (Å²) in [6, 6.07) is 0. The van der Waals surface area contributed by atoms with Gasteiger partial charge in [0.2, 0.25) is 12.6 Å². The van der Waals surface area contributed by atoms with Crippen LogP contribution in [-0.4, -0.2) is 36.7 Å². The Morgan fingerprint density at radius 3 is 1.35 bits per heavy atom. The molecule has 0 saturated heterocycles. The number of hydrogen-bond donors (Lipinski definition) is 0. The minimum Gasteiger partial charge on any atom is -0.433 e. The van der Waals surface area contributed by atoms with E-state index in [-0.39, 0.29) is 17.6 Å². The van der Waals surface area contributed by atoms with Gasteiger partial charge in [-0.3, -0.25) is 0 Å². The number of carbonyl (C=O) groups excluding carboxylic acids is 2. The molecule has 0 spiro atoms. The lowest BCUT2D eigenvalue weighted by atomic mass is 9.60. The van der Waals surface area contributed by atoms with Crippen LogP contribution in [0.2, 0.25) is 0 Å². The second-order valence-corrected chi connectivity index (χ2v) is 9.46. The van der Waals surface area contributed by atoms with Crippen LogP contribution >= 0.6 is 0 Å². The molecule has 6 nitrogen and oxygen atoms in total. The van der Waals surface area contributed by atoms with E-state index in [0.29, 0.717) is 11.8 Å². The largest absolute Gasteiger partial charge is 0.433 e. The topological polar surface area (TPSA) is 71.1 Å². The van der Waals surface area contributed by atoms with E-state index in [1.165, 1.54) is 0 Å². The molecule has 0 heterocycles. The molecule has 2 aliphatic rings. The predicted octanol–water partition coefficient (Wildman–Crippen LogP) is 5.31. The van der Waals surface area contributed by atoms with E-state index >= 15 is 0 Å². The van der Waals surface area contributed by atoms with Gasteiger partial charge in [-0.2, -0.15) is 0 Å². The van der Waals surface area contributed by atoms with Crippen LogP contribution in [0.5, 0.6) is 0 Å². The molecule has 0 aromatic carbocycles. The molecule has 31 heavy (non-hydrogen) atoms. The smallest absolute Gasteiger partial charge is 0.332 e. The third kappa shape index (κ3) is 7.76. The van der Waals surface area contributed by atoms with Crippen molar-refractivity contribution in [2.45, 2.75) is 104 Å². The van der Waals surface area contributed by atoms with Crippen LogP contribution in [0.15, 0.2) is 25.3 Å². The monoisotopic (exact) mass is 436 g/mol. The van der Waals surface area contributed by atoms with Gasteiger partial charge >= 0.3 is 11.9 Å². The fourth-order valence-corrected chi connectivity index (χ4v) is 5.24. The molecule has 2 rings (SSSR count). The van der Waals surface area contributed by atoms with Crippen LogP contribution in [0.4, 0.5) is 0 Å². The predicted molar refractivity (Wildman–Crippen MR) is 119 cm³/mol. The SMILES string of the molecule is C=CC(=O)OC(C)OC1CCC(C(C)(C)C2CCC(OC(C)OC(=O)C=C)CC2)CC1. The van der Waals surface area contributed by atoms with Crippen LogP contribution in [0.3, 0.4) is 0 Å². The molecular formula is C25H40O6. The molecule has 2 fully saturated rings. The summed E-state index contributed by atoms with van der Waals surface area (Å²) in [6.45, 7) is 15.2. The fraction of sp³-hybridized carbons (Fsp3) is 0.760. The van der Waals surface area contributed by atoms with Crippen LogP contribution in [0, 0.1) is 17.3 Å². The fourth-order valence-electron chi connectivity index (χ4n) is 5.24. The Bertz CT molecular complexity index is 560. The van der Waals surface area contributed by atoms with Crippen LogP contribution in [0.25, 0.3) is 0 Å². The lowest BCUT2D eigenvalue weighted by molar-refractivity contribution is -0.185. The number of carbonyl (C=O) groups is 2. The first-order valence-electron chi connectivity index (χ1n) is 11.6. The van der Waals surface area contributed by atoms with Gasteiger partial charge in [-0.25, -0.2) is 9.59 Å². The zero-order valence-corrected chi connectivity index (χ0v) is 19.6. The summed E-state index contributed by atoms with van der Waals surface area (Å²) < 4.78 is 22.1. The van der Waals surface area contributed by atoms with Crippen molar-refractivity contribution in [3.8, 4) is 0 Å². The number of hydrogen-bond acceptors (Lipinski definition) is 6. The maximum absolute atomic E-state index is 11.3. The first-order valence-corrected chi connectivity index (χ1v) is 11.6. The van der Waals surface area contributed by atoms with Crippen molar-refractivity contribution >= 4 is 11.9 Å². The van der Waals surface area contributed by atoms with E-state index in [9.17, 15) is 9.59 Å². The first kappa shape index (κ1) is 25.6. The number of ether oxygens (including phenoxy) is 4. The zero-order valence-electron chi connectivity index (χ0n) is 19.6. The second kappa shape index (κ2) is 11.8. The van der Waals surface area contributed by atoms with Crippen molar-refractivity contribution in [1.82, 2.24) is 0 Å². The van der Waals surface area contributed by atoms with Crippen molar-refractivity contribution in [3.63, 3.8) is 0 Å². The van der Waals surface area contributed by atoms with E-state index in [1.807, 2.05) is 0 Å². The van der Waals surface area contributed by atoms with Crippen molar-refractivity contribution in [1.29, 1.82) is 0 Å². The lowest BCUT2D eigenvalue weighted by Crippen LogP contribution is -2.40. The molecule has 0 N–H and O–H groups in total. The van der Waals surface area contributed by atoms with Gasteiger partial charge in [0.25, 0.3) is 0 Å². The van der Waals surface area contributed by atoms with Crippen molar-refractivity contribution < 1.29 is 28.5 Å². The number of esters is 2. The molecular weight excluding hydrogens is 396 g/mol. The van der Waals surface area contributed by atoms with Gasteiger partial charge in [0.1, 0.15) is 0 Å². The molecule has 2 saturated carbocycles. The Hall–Kier alpha value is -1.66. The summed E-state index contributed by atoms with van der Waals surface area (Å²) in [4.78, 5) is 22.6. The summed E-state index contributed by atoms with van der Waals surface area (Å²) >= 11 is 0. The Morgan fingerprint density at radius 1 is 0.742 bits per heavy atom. The minimum absolute atomic E-state index is 0.142. The highest BCUT2D eigenvalue weighted by Crippen LogP contribution is 2.49. The van der Waals surface area contributed by atoms with Gasteiger partial charge in [-0.05, 0) is 82.5 Å². The van der Waals surface area contributed by atoms with Crippen LogP contribution in [-0.2, 0) is 28.5 Å². The van der Waals surface area contributed by atoms with Crippen LogP contribution in [0.1, 0.15) is 79.1 Å². The highest BCUT2D eigenvalue weighted by molar-refractivity contribution is 5.81.